The third-order valence-electron chi connectivity index (χ3n) is 5.67. The highest BCUT2D eigenvalue weighted by molar-refractivity contribution is 6.08. The molecule has 2 aliphatic heterocycles. The third kappa shape index (κ3) is 2.97. The molecule has 2 aromatic carbocycles. The summed E-state index contributed by atoms with van der Waals surface area (Å²) in [6, 6.07) is 15.2. The number of hydrogen-bond donors (Lipinski definition) is 1. The van der Waals surface area contributed by atoms with Crippen LogP contribution in [0.2, 0.25) is 0 Å². The monoisotopic (exact) mass is 376 g/mol. The van der Waals surface area contributed by atoms with Crippen molar-refractivity contribution in [1.29, 1.82) is 0 Å². The topological polar surface area (TPSA) is 58.6 Å². The number of amides is 2. The molecule has 0 radical (unpaired) electrons. The van der Waals surface area contributed by atoms with E-state index in [4.69, 9.17) is 4.74 Å². The predicted octanol–water partition coefficient (Wildman–Crippen LogP) is 3.86. The molecule has 2 aliphatic rings. The number of carbonyl (C=O) groups is 2. The first-order valence-electron chi connectivity index (χ1n) is 9.51. The van der Waals surface area contributed by atoms with E-state index in [-0.39, 0.29) is 17.7 Å². The second kappa shape index (κ2) is 6.82. The van der Waals surface area contributed by atoms with E-state index in [9.17, 15) is 9.59 Å². The zero-order chi connectivity index (χ0) is 19.9. The fourth-order valence-corrected chi connectivity index (χ4v) is 4.28. The van der Waals surface area contributed by atoms with Crippen LogP contribution in [0.1, 0.15) is 30.4 Å². The van der Waals surface area contributed by atoms with Crippen LogP contribution >= 0.6 is 0 Å². The van der Waals surface area contributed by atoms with Gasteiger partial charge in [-0.3, -0.25) is 9.59 Å². The van der Waals surface area contributed by atoms with E-state index in [1.165, 1.54) is 0 Å². The number of anilines is 1. The van der Waals surface area contributed by atoms with Gasteiger partial charge in [0.2, 0.25) is 11.8 Å². The van der Waals surface area contributed by atoms with Gasteiger partial charge in [0.1, 0.15) is 11.7 Å². The van der Waals surface area contributed by atoms with Crippen LogP contribution < -0.4 is 10.1 Å². The fourth-order valence-electron chi connectivity index (χ4n) is 4.28. The van der Waals surface area contributed by atoms with E-state index in [0.29, 0.717) is 18.7 Å². The molecule has 2 heterocycles. The summed E-state index contributed by atoms with van der Waals surface area (Å²) in [5, 5.41) is 2.93. The molecule has 5 nitrogen and oxygen atoms in total. The van der Waals surface area contributed by atoms with Crippen molar-refractivity contribution in [2.75, 3.05) is 11.9 Å². The van der Waals surface area contributed by atoms with E-state index in [1.807, 2.05) is 62.4 Å². The molecule has 3 atom stereocenters. The van der Waals surface area contributed by atoms with Gasteiger partial charge in [-0.1, -0.05) is 42.0 Å². The number of aryl methyl sites for hydroxylation is 1. The number of piperidine rings is 1. The first-order valence-corrected chi connectivity index (χ1v) is 9.51. The summed E-state index contributed by atoms with van der Waals surface area (Å²) in [6.45, 7) is 8.00. The summed E-state index contributed by atoms with van der Waals surface area (Å²) in [4.78, 5) is 28.2. The second-order valence-electron chi connectivity index (χ2n) is 7.70. The number of rotatable bonds is 4. The lowest BCUT2D eigenvalue weighted by molar-refractivity contribution is -0.173. The van der Waals surface area contributed by atoms with Crippen LogP contribution in [0.4, 0.5) is 5.69 Å². The van der Waals surface area contributed by atoms with Crippen LogP contribution in [0.15, 0.2) is 61.2 Å². The maximum Gasteiger partial charge on any atom is 0.239 e. The number of nitrogens with zero attached hydrogens (tertiary/aromatic N) is 1. The van der Waals surface area contributed by atoms with Gasteiger partial charge in [0.25, 0.3) is 0 Å². The molecule has 1 saturated heterocycles. The lowest BCUT2D eigenvalue weighted by atomic mass is 9.73. The molecule has 0 aromatic heterocycles. The van der Waals surface area contributed by atoms with E-state index in [2.05, 4.69) is 11.9 Å². The Kier molecular flexibility index (Phi) is 4.46. The number of nitrogens with one attached hydrogen (secondary N) is 1. The van der Waals surface area contributed by atoms with Gasteiger partial charge in [0.05, 0.1) is 0 Å². The third-order valence-corrected chi connectivity index (χ3v) is 5.67. The highest BCUT2D eigenvalue weighted by atomic mass is 16.5. The van der Waals surface area contributed by atoms with Crippen LogP contribution in [0.25, 0.3) is 0 Å². The minimum Gasteiger partial charge on any atom is -0.468 e. The van der Waals surface area contributed by atoms with E-state index < -0.39 is 11.6 Å². The Labute approximate surface area is 165 Å². The van der Waals surface area contributed by atoms with Gasteiger partial charge in [-0.2, -0.15) is 0 Å². The normalized spacial score (nSPS) is 25.5. The number of ether oxygens (including phenoxy) is 1. The van der Waals surface area contributed by atoms with Crippen LogP contribution in [-0.2, 0) is 9.59 Å². The van der Waals surface area contributed by atoms with Gasteiger partial charge < -0.3 is 15.0 Å². The highest BCUT2D eigenvalue weighted by Gasteiger charge is 2.55. The van der Waals surface area contributed by atoms with Crippen LogP contribution in [0.3, 0.4) is 0 Å². The number of hydrogen-bond acceptors (Lipinski definition) is 3. The maximum atomic E-state index is 13.4. The van der Waals surface area contributed by atoms with E-state index >= 15 is 0 Å². The fraction of sp³-hybridized carbons (Fsp3) is 0.304. The highest BCUT2D eigenvalue weighted by Crippen LogP contribution is 2.50. The van der Waals surface area contributed by atoms with Crippen molar-refractivity contribution in [2.45, 2.75) is 31.9 Å². The van der Waals surface area contributed by atoms with Crippen molar-refractivity contribution in [2.24, 2.45) is 5.92 Å². The molecule has 4 rings (SSSR count). The number of likely N-dealkylation sites (tertiary alicyclic amines) is 1. The number of para-hydroxylation sites is 1. The van der Waals surface area contributed by atoms with Gasteiger partial charge in [0, 0.05) is 24.6 Å². The van der Waals surface area contributed by atoms with Crippen molar-refractivity contribution < 1.29 is 14.3 Å². The molecule has 1 fully saturated rings. The first kappa shape index (κ1) is 18.3. The van der Waals surface area contributed by atoms with Gasteiger partial charge >= 0.3 is 0 Å². The lowest BCUT2D eigenvalue weighted by Gasteiger charge is -2.52. The minimum atomic E-state index is -0.806. The summed E-state index contributed by atoms with van der Waals surface area (Å²) in [7, 11) is 0. The summed E-state index contributed by atoms with van der Waals surface area (Å²) < 4.78 is 6.21. The molecule has 2 amide bonds. The Morgan fingerprint density at radius 3 is 2.71 bits per heavy atom. The molecule has 2 bridgehead atoms. The Balaban J connectivity index is 1.73. The van der Waals surface area contributed by atoms with Gasteiger partial charge in [-0.05, 0) is 37.6 Å². The SMILES string of the molecule is C=CCN1C(=O)[C@@H](C(=O)Nc2ccc(C)cc2)[C@@H]2C[C@]1(C)Oc1ccccc12. The maximum absolute atomic E-state index is 13.4. The van der Waals surface area contributed by atoms with Gasteiger partial charge in [0.15, 0.2) is 5.72 Å². The second-order valence-corrected chi connectivity index (χ2v) is 7.70. The molecule has 1 N–H and O–H groups in total. The lowest BCUT2D eigenvalue weighted by Crippen LogP contribution is -2.64. The smallest absolute Gasteiger partial charge is 0.239 e. The standard InChI is InChI=1S/C23H24N2O3/c1-4-13-25-22(27)20(21(26)24-16-11-9-15(2)10-12-16)18-14-23(25,3)28-19-8-6-5-7-17(18)19/h4-12,18,20H,1,13-14H2,2-3H3,(H,24,26)/t18-,20-,23+/m1/s1. The molecule has 0 spiro atoms. The Morgan fingerprint density at radius 1 is 1.29 bits per heavy atom. The van der Waals surface area contributed by atoms with Gasteiger partial charge in [-0.25, -0.2) is 0 Å². The molecule has 0 saturated carbocycles. The summed E-state index contributed by atoms with van der Waals surface area (Å²) in [5.41, 5.74) is 1.92. The quantitative estimate of drug-likeness (QED) is 0.651. The average molecular weight is 376 g/mol. The van der Waals surface area contributed by atoms with Crippen molar-refractivity contribution in [3.05, 3.63) is 72.3 Å². The van der Waals surface area contributed by atoms with Crippen molar-refractivity contribution >= 4 is 17.5 Å². The Hall–Kier alpha value is -3.08. The van der Waals surface area contributed by atoms with E-state index in [1.54, 1.807) is 11.0 Å². The molecular formula is C23H24N2O3. The summed E-state index contributed by atoms with van der Waals surface area (Å²) in [6.07, 6.45) is 2.23. The Bertz CT molecular complexity index is 937. The molecule has 2 aromatic rings. The summed E-state index contributed by atoms with van der Waals surface area (Å²) >= 11 is 0. The molecule has 5 heteroatoms. The largest absolute Gasteiger partial charge is 0.468 e. The van der Waals surface area contributed by atoms with Crippen LogP contribution in [-0.4, -0.2) is 29.0 Å². The molecular weight excluding hydrogens is 352 g/mol. The van der Waals surface area contributed by atoms with Crippen molar-refractivity contribution in [3.63, 3.8) is 0 Å². The van der Waals surface area contributed by atoms with Crippen molar-refractivity contribution in [1.82, 2.24) is 4.90 Å². The minimum absolute atomic E-state index is 0.224. The zero-order valence-corrected chi connectivity index (χ0v) is 16.1. The molecule has 0 unspecified atom stereocenters. The molecule has 144 valence electrons. The molecule has 0 aliphatic carbocycles. The first-order chi connectivity index (χ1) is 13.4. The summed E-state index contributed by atoms with van der Waals surface area (Å²) in [5.74, 6) is -0.811. The van der Waals surface area contributed by atoms with E-state index in [0.717, 1.165) is 16.9 Å². The van der Waals surface area contributed by atoms with Crippen molar-refractivity contribution in [3.8, 4) is 5.75 Å². The zero-order valence-electron chi connectivity index (χ0n) is 16.1. The Morgan fingerprint density at radius 2 is 2.00 bits per heavy atom. The van der Waals surface area contributed by atoms with Crippen LogP contribution in [0.5, 0.6) is 5.75 Å². The number of carbonyl (C=O) groups excluding carboxylic acids is 2. The number of fused-ring (bicyclic) bond motifs is 4. The van der Waals surface area contributed by atoms with Gasteiger partial charge in [-0.15, -0.1) is 6.58 Å². The van der Waals surface area contributed by atoms with Crippen LogP contribution in [0, 0.1) is 12.8 Å². The number of benzene rings is 2. The average Bonchev–Trinajstić information content (AvgIpc) is 2.67. The predicted molar refractivity (Wildman–Crippen MR) is 108 cm³/mol. The molecule has 28 heavy (non-hydrogen) atoms.